The third kappa shape index (κ3) is 2.47. The molecule has 3 nitrogen and oxygen atoms in total. The number of likely N-dealkylation sites (tertiary alicyclic amines) is 1. The minimum absolute atomic E-state index is 0.00498. The van der Waals surface area contributed by atoms with E-state index in [0.717, 1.165) is 28.7 Å². The Hall–Kier alpha value is -2.08. The summed E-state index contributed by atoms with van der Waals surface area (Å²) in [6.45, 7) is 7.59. The van der Waals surface area contributed by atoms with Crippen LogP contribution in [0.3, 0.4) is 0 Å². The van der Waals surface area contributed by atoms with E-state index < -0.39 is 5.92 Å². The maximum Gasteiger partial charge on any atom is 0.238 e. The zero-order chi connectivity index (χ0) is 15.7. The lowest BCUT2D eigenvalue weighted by molar-refractivity contribution is -0.128. The summed E-state index contributed by atoms with van der Waals surface area (Å²) in [4.78, 5) is 26.4. The highest BCUT2D eigenvalue weighted by Crippen LogP contribution is 2.34. The van der Waals surface area contributed by atoms with Crippen molar-refractivity contribution >= 4 is 11.7 Å². The Bertz CT molecular complexity index is 644. The Kier molecular flexibility index (Phi) is 4.18. The molecule has 1 aliphatic rings. The summed E-state index contributed by atoms with van der Waals surface area (Å²) in [5.41, 5.74) is 3.84. The van der Waals surface area contributed by atoms with Gasteiger partial charge in [0.05, 0.1) is 6.04 Å². The minimum atomic E-state index is -0.649. The second-order valence-corrected chi connectivity index (χ2v) is 5.55. The molecule has 0 aromatic heterocycles. The van der Waals surface area contributed by atoms with Crippen molar-refractivity contribution in [1.82, 2.24) is 4.90 Å². The molecule has 1 aromatic rings. The number of ketones is 1. The van der Waals surface area contributed by atoms with E-state index in [1.54, 1.807) is 25.8 Å². The number of Topliss-reactive ketones (excluding diaryl/α,β-unsaturated/α-hetero) is 1. The summed E-state index contributed by atoms with van der Waals surface area (Å²) in [7, 11) is 1.70. The van der Waals surface area contributed by atoms with E-state index in [9.17, 15) is 9.59 Å². The maximum atomic E-state index is 12.5. The zero-order valence-corrected chi connectivity index (χ0v) is 13.3. The summed E-state index contributed by atoms with van der Waals surface area (Å²) in [5, 5.41) is 0. The van der Waals surface area contributed by atoms with E-state index >= 15 is 0 Å². The standard InChI is InChI=1S/C18H21NO2/c1-6-8-13-9-11(3)15(14(7-2)10-13)16-17(20)12(4)19(5)18(16)21/h9-10,12,16H,7H2,1-5H3. The number of hydrogen-bond donors (Lipinski definition) is 0. The molecule has 0 radical (unpaired) electrons. The minimum Gasteiger partial charge on any atom is -0.335 e. The molecule has 0 saturated carbocycles. The van der Waals surface area contributed by atoms with Crippen LogP contribution in [-0.4, -0.2) is 29.7 Å². The smallest absolute Gasteiger partial charge is 0.238 e. The summed E-state index contributed by atoms with van der Waals surface area (Å²) in [6.07, 6.45) is 0.782. The van der Waals surface area contributed by atoms with Gasteiger partial charge in [0.2, 0.25) is 5.91 Å². The first-order valence-electron chi connectivity index (χ1n) is 7.28. The molecule has 1 heterocycles. The van der Waals surface area contributed by atoms with Crippen LogP contribution in [0.4, 0.5) is 0 Å². The van der Waals surface area contributed by atoms with Gasteiger partial charge in [0, 0.05) is 12.6 Å². The first kappa shape index (κ1) is 15.3. The highest BCUT2D eigenvalue weighted by molar-refractivity contribution is 6.15. The maximum absolute atomic E-state index is 12.5. The van der Waals surface area contributed by atoms with Crippen LogP contribution in [0.25, 0.3) is 0 Å². The molecule has 0 bridgehead atoms. The second kappa shape index (κ2) is 5.73. The SMILES string of the molecule is CC#Cc1cc(C)c(C2C(=O)C(C)N(C)C2=O)c(CC)c1. The van der Waals surface area contributed by atoms with Crippen LogP contribution >= 0.6 is 0 Å². The normalized spacial score (nSPS) is 21.5. The third-order valence-electron chi connectivity index (χ3n) is 4.28. The zero-order valence-electron chi connectivity index (χ0n) is 13.3. The fraction of sp³-hybridized carbons (Fsp3) is 0.444. The number of likely N-dealkylation sites (N-methyl/N-ethyl adjacent to an activating group) is 1. The first-order chi connectivity index (χ1) is 9.92. The van der Waals surface area contributed by atoms with E-state index in [0.29, 0.717) is 0 Å². The average molecular weight is 283 g/mol. The van der Waals surface area contributed by atoms with Crippen molar-refractivity contribution in [2.45, 2.75) is 46.1 Å². The van der Waals surface area contributed by atoms with Crippen molar-refractivity contribution in [2.24, 2.45) is 0 Å². The molecule has 1 amide bonds. The van der Waals surface area contributed by atoms with Crippen LogP contribution in [0.5, 0.6) is 0 Å². The Morgan fingerprint density at radius 3 is 2.43 bits per heavy atom. The predicted octanol–water partition coefficient (Wildman–Crippen LogP) is 2.44. The van der Waals surface area contributed by atoms with E-state index in [4.69, 9.17) is 0 Å². The molecule has 110 valence electrons. The van der Waals surface area contributed by atoms with Crippen molar-refractivity contribution in [2.75, 3.05) is 7.05 Å². The van der Waals surface area contributed by atoms with E-state index in [-0.39, 0.29) is 17.7 Å². The van der Waals surface area contributed by atoms with Crippen LogP contribution in [0, 0.1) is 18.8 Å². The van der Waals surface area contributed by atoms with Crippen molar-refractivity contribution in [3.63, 3.8) is 0 Å². The quantitative estimate of drug-likeness (QED) is 0.617. The Morgan fingerprint density at radius 2 is 1.95 bits per heavy atom. The van der Waals surface area contributed by atoms with Gasteiger partial charge in [-0.2, -0.15) is 0 Å². The van der Waals surface area contributed by atoms with Gasteiger partial charge < -0.3 is 4.90 Å². The number of carbonyl (C=O) groups excluding carboxylic acids is 2. The summed E-state index contributed by atoms with van der Waals surface area (Å²) in [5.74, 6) is 5.19. The van der Waals surface area contributed by atoms with Gasteiger partial charge in [0.1, 0.15) is 5.92 Å². The van der Waals surface area contributed by atoms with Crippen LogP contribution in [0.15, 0.2) is 12.1 Å². The largest absolute Gasteiger partial charge is 0.335 e. The molecular weight excluding hydrogens is 262 g/mol. The number of amides is 1. The van der Waals surface area contributed by atoms with Gasteiger partial charge in [0.15, 0.2) is 5.78 Å². The van der Waals surface area contributed by atoms with E-state index in [1.807, 2.05) is 26.0 Å². The number of aryl methyl sites for hydroxylation is 2. The highest BCUT2D eigenvalue weighted by atomic mass is 16.2. The van der Waals surface area contributed by atoms with Gasteiger partial charge in [-0.15, -0.1) is 5.92 Å². The van der Waals surface area contributed by atoms with Gasteiger partial charge in [0.25, 0.3) is 0 Å². The molecule has 2 atom stereocenters. The molecule has 1 saturated heterocycles. The molecule has 0 aliphatic carbocycles. The Labute approximate surface area is 126 Å². The summed E-state index contributed by atoms with van der Waals surface area (Å²) < 4.78 is 0. The van der Waals surface area contributed by atoms with Gasteiger partial charge >= 0.3 is 0 Å². The van der Waals surface area contributed by atoms with Crippen LogP contribution in [0.2, 0.25) is 0 Å². The van der Waals surface area contributed by atoms with Gasteiger partial charge in [-0.1, -0.05) is 12.8 Å². The number of nitrogens with zero attached hydrogens (tertiary/aromatic N) is 1. The van der Waals surface area contributed by atoms with Gasteiger partial charge in [-0.05, 0) is 56.0 Å². The molecule has 1 fully saturated rings. The number of rotatable bonds is 2. The van der Waals surface area contributed by atoms with E-state index in [2.05, 4.69) is 11.8 Å². The summed E-state index contributed by atoms with van der Waals surface area (Å²) >= 11 is 0. The van der Waals surface area contributed by atoms with Crippen molar-refractivity contribution in [3.05, 3.63) is 34.4 Å². The Morgan fingerprint density at radius 1 is 1.29 bits per heavy atom. The Balaban J connectivity index is 2.60. The average Bonchev–Trinajstić information content (AvgIpc) is 2.64. The van der Waals surface area contributed by atoms with Crippen molar-refractivity contribution in [3.8, 4) is 11.8 Å². The topological polar surface area (TPSA) is 37.4 Å². The first-order valence-corrected chi connectivity index (χ1v) is 7.28. The fourth-order valence-electron chi connectivity index (χ4n) is 3.01. The predicted molar refractivity (Wildman–Crippen MR) is 83.1 cm³/mol. The number of carbonyl (C=O) groups is 2. The lowest BCUT2D eigenvalue weighted by atomic mass is 9.85. The fourth-order valence-corrected chi connectivity index (χ4v) is 3.01. The van der Waals surface area contributed by atoms with Crippen LogP contribution < -0.4 is 0 Å². The van der Waals surface area contributed by atoms with Gasteiger partial charge in [-0.25, -0.2) is 0 Å². The molecule has 1 aliphatic heterocycles. The summed E-state index contributed by atoms with van der Waals surface area (Å²) in [6, 6.07) is 3.62. The van der Waals surface area contributed by atoms with Crippen molar-refractivity contribution in [1.29, 1.82) is 0 Å². The van der Waals surface area contributed by atoms with E-state index in [1.165, 1.54) is 0 Å². The molecule has 2 rings (SSSR count). The molecule has 0 spiro atoms. The second-order valence-electron chi connectivity index (χ2n) is 5.55. The molecular formula is C18H21NO2. The number of benzene rings is 1. The molecule has 21 heavy (non-hydrogen) atoms. The third-order valence-corrected chi connectivity index (χ3v) is 4.28. The lowest BCUT2D eigenvalue weighted by Crippen LogP contribution is -2.28. The molecule has 2 unspecified atom stereocenters. The molecule has 3 heteroatoms. The van der Waals surface area contributed by atoms with Crippen LogP contribution in [0.1, 0.15) is 48.9 Å². The van der Waals surface area contributed by atoms with Crippen molar-refractivity contribution < 1.29 is 9.59 Å². The lowest BCUT2D eigenvalue weighted by Gasteiger charge is -2.17. The monoisotopic (exact) mass is 283 g/mol. The molecule has 0 N–H and O–H groups in total. The highest BCUT2D eigenvalue weighted by Gasteiger charge is 2.45. The number of hydrogen-bond acceptors (Lipinski definition) is 2. The van der Waals surface area contributed by atoms with Gasteiger partial charge in [-0.3, -0.25) is 9.59 Å². The molecule has 1 aromatic carbocycles. The van der Waals surface area contributed by atoms with Crippen LogP contribution in [-0.2, 0) is 16.0 Å².